The molecule has 0 unspecified atom stereocenters. The summed E-state index contributed by atoms with van der Waals surface area (Å²) in [6.45, 7) is 8.81. The maximum atomic E-state index is 4.28. The molecule has 0 heterocycles. The fraction of sp³-hybridized carbons (Fsp3) is 0.625. The minimum atomic E-state index is 0.940. The number of nitrogens with zero attached hydrogens (tertiary/aromatic N) is 1. The molecular formula is C8H15N. The van der Waals surface area contributed by atoms with Gasteiger partial charge in [0.15, 0.2) is 0 Å². The van der Waals surface area contributed by atoms with Gasteiger partial charge in [0.25, 0.3) is 0 Å². The second kappa shape index (κ2) is 5.54. The Hall–Kier alpha value is -0.590. The van der Waals surface area contributed by atoms with Crippen LogP contribution in [0.2, 0.25) is 0 Å². The number of aliphatic imine (C=N–C) groups is 1. The van der Waals surface area contributed by atoms with E-state index in [0.717, 1.165) is 25.1 Å². The highest BCUT2D eigenvalue weighted by Gasteiger charge is 1.84. The van der Waals surface area contributed by atoms with Gasteiger partial charge in [-0.25, -0.2) is 0 Å². The van der Waals surface area contributed by atoms with Crippen molar-refractivity contribution in [1.82, 2.24) is 0 Å². The first kappa shape index (κ1) is 8.41. The Kier molecular flexibility index (Phi) is 5.18. The summed E-state index contributed by atoms with van der Waals surface area (Å²) in [5.74, 6) is 0. The number of hydrogen-bond donors (Lipinski definition) is 0. The van der Waals surface area contributed by atoms with Crippen molar-refractivity contribution < 1.29 is 0 Å². The lowest BCUT2D eigenvalue weighted by atomic mass is 10.3. The van der Waals surface area contributed by atoms with Crippen molar-refractivity contribution in [2.45, 2.75) is 26.7 Å². The van der Waals surface area contributed by atoms with Gasteiger partial charge in [-0.1, -0.05) is 20.4 Å². The van der Waals surface area contributed by atoms with E-state index in [4.69, 9.17) is 0 Å². The van der Waals surface area contributed by atoms with Crippen molar-refractivity contribution in [2.75, 3.05) is 6.54 Å². The fourth-order valence-electron chi connectivity index (χ4n) is 0.576. The lowest BCUT2D eigenvalue weighted by molar-refractivity contribution is 0.928. The second-order valence-electron chi connectivity index (χ2n) is 1.93. The van der Waals surface area contributed by atoms with Crippen LogP contribution in [0, 0.1) is 0 Å². The topological polar surface area (TPSA) is 12.4 Å². The Morgan fingerprint density at radius 3 is 2.56 bits per heavy atom. The molecule has 0 bridgehead atoms. The molecule has 0 radical (unpaired) electrons. The third-order valence-corrected chi connectivity index (χ3v) is 1.14. The van der Waals surface area contributed by atoms with Gasteiger partial charge in [-0.2, -0.15) is 0 Å². The van der Waals surface area contributed by atoms with Crippen LogP contribution < -0.4 is 0 Å². The Balaban J connectivity index is 3.61. The van der Waals surface area contributed by atoms with Gasteiger partial charge in [0.1, 0.15) is 0 Å². The monoisotopic (exact) mass is 125 g/mol. The third-order valence-electron chi connectivity index (χ3n) is 1.14. The molecule has 9 heavy (non-hydrogen) atoms. The molecule has 0 spiro atoms. The van der Waals surface area contributed by atoms with Gasteiger partial charge >= 0.3 is 0 Å². The summed E-state index contributed by atoms with van der Waals surface area (Å²) < 4.78 is 0. The molecule has 52 valence electrons. The molecule has 0 saturated carbocycles. The van der Waals surface area contributed by atoms with E-state index in [-0.39, 0.29) is 0 Å². The summed E-state index contributed by atoms with van der Waals surface area (Å²) in [5.41, 5.74) is 1.12. The quantitative estimate of drug-likeness (QED) is 0.512. The first-order chi connectivity index (χ1) is 4.35. The molecule has 1 heteroatoms. The van der Waals surface area contributed by atoms with Gasteiger partial charge in [0.2, 0.25) is 0 Å². The highest BCUT2D eigenvalue weighted by molar-refractivity contribution is 5.94. The van der Waals surface area contributed by atoms with Crippen LogP contribution in [0.3, 0.4) is 0 Å². The molecule has 0 atom stereocenters. The lowest BCUT2D eigenvalue weighted by Gasteiger charge is -1.92. The van der Waals surface area contributed by atoms with Gasteiger partial charge in [-0.05, 0) is 18.9 Å². The van der Waals surface area contributed by atoms with E-state index in [1.54, 1.807) is 0 Å². The van der Waals surface area contributed by atoms with Crippen LogP contribution >= 0.6 is 0 Å². The highest BCUT2D eigenvalue weighted by atomic mass is 14.7. The molecule has 0 aromatic heterocycles. The Morgan fingerprint density at radius 2 is 2.22 bits per heavy atom. The Morgan fingerprint density at radius 1 is 1.56 bits per heavy atom. The van der Waals surface area contributed by atoms with Gasteiger partial charge in [0.05, 0.1) is 0 Å². The molecule has 0 aliphatic rings. The van der Waals surface area contributed by atoms with E-state index in [1.165, 1.54) is 0 Å². The lowest BCUT2D eigenvalue weighted by Crippen LogP contribution is -1.90. The predicted molar refractivity (Wildman–Crippen MR) is 43.1 cm³/mol. The predicted octanol–water partition coefficient (Wildman–Crippen LogP) is 2.43. The van der Waals surface area contributed by atoms with E-state index in [1.807, 2.05) is 6.08 Å². The van der Waals surface area contributed by atoms with Crippen molar-refractivity contribution in [1.29, 1.82) is 0 Å². The van der Waals surface area contributed by atoms with Gasteiger partial charge < -0.3 is 0 Å². The average molecular weight is 125 g/mol. The molecule has 1 nitrogen and oxygen atoms in total. The standard InChI is InChI=1S/C8H15N/c1-4-7-9-8(5-2)6-3/h5H,2,4,6-7H2,1,3H3. The van der Waals surface area contributed by atoms with Crippen molar-refractivity contribution in [3.05, 3.63) is 12.7 Å². The van der Waals surface area contributed by atoms with E-state index in [9.17, 15) is 0 Å². The maximum absolute atomic E-state index is 4.28. The largest absolute Gasteiger partial charge is 0.290 e. The zero-order valence-electron chi connectivity index (χ0n) is 6.35. The number of rotatable bonds is 4. The second-order valence-corrected chi connectivity index (χ2v) is 1.93. The van der Waals surface area contributed by atoms with Crippen LogP contribution in [0.1, 0.15) is 26.7 Å². The van der Waals surface area contributed by atoms with E-state index in [0.29, 0.717) is 0 Å². The molecule has 0 fully saturated rings. The first-order valence-corrected chi connectivity index (χ1v) is 3.50. The average Bonchev–Trinajstić information content (AvgIpc) is 1.91. The Bertz CT molecular complexity index is 103. The highest BCUT2D eigenvalue weighted by Crippen LogP contribution is 1.88. The van der Waals surface area contributed by atoms with Crippen LogP contribution in [0.25, 0.3) is 0 Å². The molecule has 0 aliphatic heterocycles. The fourth-order valence-corrected chi connectivity index (χ4v) is 0.576. The van der Waals surface area contributed by atoms with Crippen LogP contribution in [-0.2, 0) is 0 Å². The Labute approximate surface area is 57.5 Å². The summed E-state index contributed by atoms with van der Waals surface area (Å²) in [6.07, 6.45) is 3.95. The number of allylic oxidation sites excluding steroid dienone is 1. The van der Waals surface area contributed by atoms with Crippen LogP contribution in [-0.4, -0.2) is 12.3 Å². The number of hydrogen-bond acceptors (Lipinski definition) is 1. The minimum Gasteiger partial charge on any atom is -0.290 e. The van der Waals surface area contributed by atoms with Crippen LogP contribution in [0.15, 0.2) is 17.6 Å². The molecular weight excluding hydrogens is 110 g/mol. The van der Waals surface area contributed by atoms with E-state index >= 15 is 0 Å². The normalized spacial score (nSPS) is 11.6. The summed E-state index contributed by atoms with van der Waals surface area (Å²) >= 11 is 0. The molecule has 0 aromatic rings. The minimum absolute atomic E-state index is 0.940. The first-order valence-electron chi connectivity index (χ1n) is 3.50. The molecule has 0 aliphatic carbocycles. The van der Waals surface area contributed by atoms with Gasteiger partial charge in [-0.3, -0.25) is 4.99 Å². The molecule has 0 aromatic carbocycles. The van der Waals surface area contributed by atoms with Crippen molar-refractivity contribution in [3.8, 4) is 0 Å². The van der Waals surface area contributed by atoms with Gasteiger partial charge in [-0.15, -0.1) is 0 Å². The third kappa shape index (κ3) is 3.95. The maximum Gasteiger partial charge on any atom is 0.0389 e. The molecule has 0 N–H and O–H groups in total. The van der Waals surface area contributed by atoms with Crippen LogP contribution in [0.5, 0.6) is 0 Å². The molecule has 0 rings (SSSR count). The summed E-state index contributed by atoms with van der Waals surface area (Å²) in [5, 5.41) is 0. The molecule has 0 saturated heterocycles. The summed E-state index contributed by atoms with van der Waals surface area (Å²) in [7, 11) is 0. The van der Waals surface area contributed by atoms with Gasteiger partial charge in [0, 0.05) is 12.3 Å². The summed E-state index contributed by atoms with van der Waals surface area (Å²) in [6, 6.07) is 0. The van der Waals surface area contributed by atoms with Crippen molar-refractivity contribution >= 4 is 5.71 Å². The van der Waals surface area contributed by atoms with Crippen molar-refractivity contribution in [3.63, 3.8) is 0 Å². The molecule has 0 amide bonds. The van der Waals surface area contributed by atoms with Crippen LogP contribution in [0.4, 0.5) is 0 Å². The summed E-state index contributed by atoms with van der Waals surface area (Å²) in [4.78, 5) is 4.28. The van der Waals surface area contributed by atoms with E-state index < -0.39 is 0 Å². The SMILES string of the molecule is C=CC(CC)=NCCC. The zero-order chi connectivity index (χ0) is 7.11. The van der Waals surface area contributed by atoms with Crippen molar-refractivity contribution in [2.24, 2.45) is 4.99 Å². The zero-order valence-corrected chi connectivity index (χ0v) is 6.35. The smallest absolute Gasteiger partial charge is 0.0389 e. The van der Waals surface area contributed by atoms with E-state index in [2.05, 4.69) is 25.4 Å².